The molecule has 0 saturated carbocycles. The molecule has 0 spiro atoms. The highest BCUT2D eigenvalue weighted by Gasteiger charge is 2.36. The number of hydrogen-bond acceptors (Lipinski definition) is 5. The molecule has 0 N–H and O–H groups in total. The zero-order valence-electron chi connectivity index (χ0n) is 16.3. The molecule has 3 aromatic rings. The van der Waals surface area contributed by atoms with E-state index in [2.05, 4.69) is 42.2 Å². The monoisotopic (exact) mass is 393 g/mol. The van der Waals surface area contributed by atoms with Crippen LogP contribution in [-0.2, 0) is 11.3 Å². The number of rotatable bonds is 5. The molecule has 6 heteroatoms. The molecule has 1 fully saturated rings. The first-order valence-corrected chi connectivity index (χ1v) is 10.6. The van der Waals surface area contributed by atoms with Gasteiger partial charge in [-0.15, -0.1) is 11.8 Å². The van der Waals surface area contributed by atoms with E-state index in [1.165, 1.54) is 16.0 Å². The Labute approximate surface area is 169 Å². The van der Waals surface area contributed by atoms with Crippen LogP contribution in [0.2, 0.25) is 0 Å². The van der Waals surface area contributed by atoms with Crippen LogP contribution in [-0.4, -0.2) is 27.2 Å². The molecule has 1 amide bonds. The van der Waals surface area contributed by atoms with Crippen molar-refractivity contribution in [1.29, 1.82) is 0 Å². The van der Waals surface area contributed by atoms with Gasteiger partial charge in [-0.3, -0.25) is 4.79 Å². The molecule has 5 nitrogen and oxygen atoms in total. The van der Waals surface area contributed by atoms with Gasteiger partial charge in [0.05, 0.1) is 0 Å². The summed E-state index contributed by atoms with van der Waals surface area (Å²) in [7, 11) is 0. The molecule has 1 atom stereocenters. The second-order valence-corrected chi connectivity index (χ2v) is 8.06. The van der Waals surface area contributed by atoms with Crippen molar-refractivity contribution in [1.82, 2.24) is 15.0 Å². The molecule has 144 valence electrons. The predicted octanol–water partition coefficient (Wildman–Crippen LogP) is 4.94. The van der Waals surface area contributed by atoms with Crippen LogP contribution in [0.1, 0.15) is 41.5 Å². The van der Waals surface area contributed by atoms with E-state index in [1.54, 1.807) is 11.8 Å². The van der Waals surface area contributed by atoms with Crippen molar-refractivity contribution in [3.63, 3.8) is 0 Å². The third kappa shape index (κ3) is 3.69. The highest BCUT2D eigenvalue weighted by molar-refractivity contribution is 7.98. The van der Waals surface area contributed by atoms with Gasteiger partial charge in [-0.1, -0.05) is 23.4 Å². The number of aryl methyl sites for hydroxylation is 2. The van der Waals surface area contributed by atoms with E-state index in [-0.39, 0.29) is 11.9 Å². The second-order valence-electron chi connectivity index (χ2n) is 7.18. The molecule has 1 saturated heterocycles. The average molecular weight is 394 g/mol. The van der Waals surface area contributed by atoms with E-state index in [0.29, 0.717) is 31.1 Å². The van der Waals surface area contributed by atoms with Crippen LogP contribution in [0.15, 0.2) is 51.9 Å². The lowest BCUT2D eigenvalue weighted by Crippen LogP contribution is -2.27. The number of aromatic nitrogens is 2. The van der Waals surface area contributed by atoms with Crippen molar-refractivity contribution in [2.45, 2.75) is 44.2 Å². The van der Waals surface area contributed by atoms with Crippen LogP contribution in [0.3, 0.4) is 0 Å². The summed E-state index contributed by atoms with van der Waals surface area (Å²) >= 11 is 1.69. The van der Waals surface area contributed by atoms with Crippen molar-refractivity contribution in [2.24, 2.45) is 0 Å². The summed E-state index contributed by atoms with van der Waals surface area (Å²) in [4.78, 5) is 20.1. The molecule has 2 aromatic carbocycles. The second kappa shape index (κ2) is 7.80. The number of benzene rings is 2. The van der Waals surface area contributed by atoms with E-state index in [0.717, 1.165) is 11.1 Å². The van der Waals surface area contributed by atoms with E-state index in [4.69, 9.17) is 4.52 Å². The van der Waals surface area contributed by atoms with E-state index in [1.807, 2.05) is 35.4 Å². The van der Waals surface area contributed by atoms with Crippen LogP contribution in [0.25, 0.3) is 11.4 Å². The number of carbonyl (C=O) groups excluding carboxylic acids is 1. The van der Waals surface area contributed by atoms with Crippen molar-refractivity contribution >= 4 is 17.7 Å². The number of nitrogens with zero attached hydrogens (tertiary/aromatic N) is 3. The van der Waals surface area contributed by atoms with Crippen molar-refractivity contribution < 1.29 is 9.32 Å². The summed E-state index contributed by atoms with van der Waals surface area (Å²) in [6.07, 6.45) is 3.26. The number of amides is 1. The summed E-state index contributed by atoms with van der Waals surface area (Å²) in [6.45, 7) is 4.74. The summed E-state index contributed by atoms with van der Waals surface area (Å²) < 4.78 is 5.56. The number of thioether (sulfide) groups is 1. The third-order valence-corrected chi connectivity index (χ3v) is 6.07. The van der Waals surface area contributed by atoms with Crippen molar-refractivity contribution in [3.05, 3.63) is 65.0 Å². The minimum Gasteiger partial charge on any atom is -0.337 e. The Morgan fingerprint density at radius 1 is 1.14 bits per heavy atom. The van der Waals surface area contributed by atoms with E-state index < -0.39 is 0 Å². The van der Waals surface area contributed by atoms with Gasteiger partial charge in [-0.2, -0.15) is 4.98 Å². The first kappa shape index (κ1) is 18.7. The van der Waals surface area contributed by atoms with Crippen LogP contribution in [0.4, 0.5) is 0 Å². The minimum atomic E-state index is -0.166. The fourth-order valence-corrected chi connectivity index (χ4v) is 3.92. The Morgan fingerprint density at radius 3 is 2.64 bits per heavy atom. The molecule has 0 radical (unpaired) electrons. The molecule has 4 rings (SSSR count). The normalized spacial score (nSPS) is 16.8. The minimum absolute atomic E-state index is 0.132. The number of carbonyl (C=O) groups is 1. The number of hydrogen-bond donors (Lipinski definition) is 0. The summed E-state index contributed by atoms with van der Waals surface area (Å²) in [5.74, 6) is 1.21. The Morgan fingerprint density at radius 2 is 1.93 bits per heavy atom. The van der Waals surface area contributed by atoms with Crippen LogP contribution < -0.4 is 0 Å². The first-order valence-electron chi connectivity index (χ1n) is 9.39. The molecule has 28 heavy (non-hydrogen) atoms. The van der Waals surface area contributed by atoms with Gasteiger partial charge < -0.3 is 9.42 Å². The summed E-state index contributed by atoms with van der Waals surface area (Å²) in [5, 5.41) is 4.15. The maximum absolute atomic E-state index is 12.5. The van der Waals surface area contributed by atoms with Gasteiger partial charge in [0.1, 0.15) is 6.04 Å². The molecule has 0 bridgehead atoms. The quantitative estimate of drug-likeness (QED) is 0.575. The maximum atomic E-state index is 12.5. The molecule has 1 aliphatic rings. The largest absolute Gasteiger partial charge is 0.337 e. The molecule has 0 aliphatic carbocycles. The highest BCUT2D eigenvalue weighted by atomic mass is 32.2. The number of likely N-dealkylation sites (tertiary alicyclic amines) is 1. The summed E-state index contributed by atoms with van der Waals surface area (Å²) in [6, 6.07) is 14.2. The van der Waals surface area contributed by atoms with E-state index in [9.17, 15) is 4.79 Å². The average Bonchev–Trinajstić information content (AvgIpc) is 3.32. The third-order valence-electron chi connectivity index (χ3n) is 5.33. The maximum Gasteiger partial charge on any atom is 0.249 e. The molecule has 1 unspecified atom stereocenters. The van der Waals surface area contributed by atoms with Gasteiger partial charge >= 0.3 is 0 Å². The topological polar surface area (TPSA) is 59.2 Å². The van der Waals surface area contributed by atoms with Crippen LogP contribution >= 0.6 is 11.8 Å². The lowest BCUT2D eigenvalue weighted by molar-refractivity contribution is -0.129. The van der Waals surface area contributed by atoms with Gasteiger partial charge in [0, 0.05) is 23.4 Å². The molecular formula is C22H23N3O2S. The fourth-order valence-electron chi connectivity index (χ4n) is 3.52. The highest BCUT2D eigenvalue weighted by Crippen LogP contribution is 2.34. The van der Waals surface area contributed by atoms with Gasteiger partial charge in [0.15, 0.2) is 0 Å². The Kier molecular flexibility index (Phi) is 5.22. The smallest absolute Gasteiger partial charge is 0.249 e. The SMILES string of the molecule is CSc1ccc(-c2noc(C3CCC(=O)N3Cc3ccc(C)c(C)c3)n2)cc1. The predicted molar refractivity (Wildman–Crippen MR) is 110 cm³/mol. The zero-order chi connectivity index (χ0) is 19.7. The Hall–Kier alpha value is -2.60. The van der Waals surface area contributed by atoms with Crippen LogP contribution in [0, 0.1) is 13.8 Å². The van der Waals surface area contributed by atoms with Crippen molar-refractivity contribution in [2.75, 3.05) is 6.26 Å². The van der Waals surface area contributed by atoms with Gasteiger partial charge in [0.2, 0.25) is 17.6 Å². The lowest BCUT2D eigenvalue weighted by Gasteiger charge is -2.22. The lowest BCUT2D eigenvalue weighted by atomic mass is 10.1. The van der Waals surface area contributed by atoms with E-state index >= 15 is 0 Å². The van der Waals surface area contributed by atoms with Crippen molar-refractivity contribution in [3.8, 4) is 11.4 Å². The Balaban J connectivity index is 1.56. The molecule has 1 aliphatic heterocycles. The van der Waals surface area contributed by atoms with Gasteiger partial charge in [-0.25, -0.2) is 0 Å². The molecule has 2 heterocycles. The standard InChI is InChI=1S/C22H23N3O2S/c1-14-4-5-16(12-15(14)2)13-25-19(10-11-20(25)26)22-23-21(24-27-22)17-6-8-18(28-3)9-7-17/h4-9,12,19H,10-11,13H2,1-3H3. The molecule has 1 aromatic heterocycles. The van der Waals surface area contributed by atoms with Gasteiger partial charge in [-0.05, 0) is 67.5 Å². The first-order chi connectivity index (χ1) is 13.5. The van der Waals surface area contributed by atoms with Crippen LogP contribution in [0.5, 0.6) is 0 Å². The zero-order valence-corrected chi connectivity index (χ0v) is 17.1. The summed E-state index contributed by atoms with van der Waals surface area (Å²) in [5.41, 5.74) is 4.52. The fraction of sp³-hybridized carbons (Fsp3) is 0.318. The van der Waals surface area contributed by atoms with Gasteiger partial charge in [0.25, 0.3) is 0 Å². The molecular weight excluding hydrogens is 370 g/mol. The Bertz CT molecular complexity index is 997.